The van der Waals surface area contributed by atoms with Gasteiger partial charge < -0.3 is 24.8 Å². The van der Waals surface area contributed by atoms with E-state index in [1.807, 2.05) is 13.8 Å². The number of hydrogen-bond acceptors (Lipinski definition) is 6. The molecule has 0 spiro atoms. The first kappa shape index (κ1) is 31.6. The number of nitrogens with one attached hydrogen (secondary N) is 2. The van der Waals surface area contributed by atoms with Gasteiger partial charge in [0.05, 0.1) is 40.5 Å². The van der Waals surface area contributed by atoms with E-state index < -0.39 is 12.7 Å². The van der Waals surface area contributed by atoms with E-state index in [0.29, 0.717) is 46.4 Å². The molecule has 11 heteroatoms. The Labute approximate surface area is 260 Å². The molecule has 1 unspecified atom stereocenters. The molecule has 1 aromatic rings. The number of rotatable bonds is 10. The molecule has 2 bridgehead atoms. The Morgan fingerprint density at radius 3 is 2.52 bits per heavy atom. The van der Waals surface area contributed by atoms with Gasteiger partial charge in [0.15, 0.2) is 0 Å². The van der Waals surface area contributed by atoms with Gasteiger partial charge in [-0.3, -0.25) is 9.59 Å². The van der Waals surface area contributed by atoms with Crippen LogP contribution in [0.15, 0.2) is 23.4 Å². The maximum Gasteiger partial charge on any atom is 0.481 e. The number of hydrogen-bond donors (Lipinski definition) is 2. The van der Waals surface area contributed by atoms with E-state index in [9.17, 15) is 9.59 Å². The average molecular weight is 620 g/mol. The average Bonchev–Trinajstić information content (AvgIpc) is 3.48. The van der Waals surface area contributed by atoms with Gasteiger partial charge >= 0.3 is 7.12 Å². The quantitative estimate of drug-likeness (QED) is 0.309. The molecule has 6 rings (SSSR count). The third kappa shape index (κ3) is 5.83. The van der Waals surface area contributed by atoms with Crippen molar-refractivity contribution in [3.63, 3.8) is 0 Å². The lowest BCUT2D eigenvalue weighted by molar-refractivity contribution is -0.199. The van der Waals surface area contributed by atoms with E-state index >= 15 is 0 Å². The SMILES string of the molecule is CC(C)C[C@H](NC(=O)C1(CC(C)C)CC(CNC(=O)c2cc(Cl)ccc2Cl)=NO1)B1O[C@@H]2C[C@@H]3C[C@@H](C3(C)C)[C@]2(C)O1. The molecule has 2 N–H and O–H groups in total. The highest BCUT2D eigenvalue weighted by Crippen LogP contribution is 2.65. The summed E-state index contributed by atoms with van der Waals surface area (Å²) in [4.78, 5) is 32.8. The molecule has 5 aliphatic rings. The van der Waals surface area contributed by atoms with Crippen LogP contribution in [0.4, 0.5) is 0 Å². The largest absolute Gasteiger partial charge is 0.481 e. The molecule has 230 valence electrons. The van der Waals surface area contributed by atoms with E-state index in [-0.39, 0.29) is 59.3 Å². The highest BCUT2D eigenvalue weighted by atomic mass is 35.5. The number of oxime groups is 1. The van der Waals surface area contributed by atoms with Crippen molar-refractivity contribution >= 4 is 47.8 Å². The highest BCUT2D eigenvalue weighted by molar-refractivity contribution is 6.48. The second kappa shape index (κ2) is 11.6. The summed E-state index contributed by atoms with van der Waals surface area (Å²) < 4.78 is 13.3. The molecule has 0 radical (unpaired) electrons. The third-order valence-electron chi connectivity index (χ3n) is 9.96. The standard InChI is InChI=1S/C31H44BCl2N3O5/c1-17(2)10-26(32-40-25-12-19-11-24(29(19,5)6)30(25,7)41-32)36-28(39)31(14-18(3)4)15-21(37-42-31)16-35-27(38)22-13-20(33)8-9-23(22)34/h8-9,13,17-19,24-26H,10-12,14-16H2,1-7H3,(H,35,38)(H,36,39)/t19-,24-,25+,26-,30-,31?/m0/s1. The van der Waals surface area contributed by atoms with Crippen LogP contribution in [-0.2, 0) is 18.9 Å². The van der Waals surface area contributed by atoms with Gasteiger partial charge in [0.25, 0.3) is 11.8 Å². The minimum atomic E-state index is -1.18. The fourth-order valence-corrected chi connectivity index (χ4v) is 8.07. The summed E-state index contributed by atoms with van der Waals surface area (Å²) in [6, 6.07) is 4.73. The summed E-state index contributed by atoms with van der Waals surface area (Å²) in [5.41, 5.74) is -0.455. The van der Waals surface area contributed by atoms with E-state index in [1.165, 1.54) is 12.5 Å². The fraction of sp³-hybridized carbons (Fsp3) is 0.710. The molecular formula is C31H44BCl2N3O5. The van der Waals surface area contributed by atoms with Crippen LogP contribution in [-0.4, -0.2) is 54.4 Å². The predicted molar refractivity (Wildman–Crippen MR) is 166 cm³/mol. The van der Waals surface area contributed by atoms with E-state index in [1.54, 1.807) is 12.1 Å². The third-order valence-corrected chi connectivity index (χ3v) is 10.5. The minimum Gasteiger partial charge on any atom is -0.404 e. The van der Waals surface area contributed by atoms with Gasteiger partial charge in [-0.05, 0) is 73.5 Å². The Balaban J connectivity index is 1.27. The molecule has 3 saturated carbocycles. The summed E-state index contributed by atoms with van der Waals surface area (Å²) in [6.07, 6.45) is 3.63. The van der Waals surface area contributed by atoms with Gasteiger partial charge in [-0.2, -0.15) is 0 Å². The van der Waals surface area contributed by atoms with Crippen molar-refractivity contribution in [1.29, 1.82) is 0 Å². The number of benzene rings is 1. The van der Waals surface area contributed by atoms with Crippen molar-refractivity contribution in [2.24, 2.45) is 34.2 Å². The van der Waals surface area contributed by atoms with Crippen LogP contribution in [0, 0.1) is 29.1 Å². The summed E-state index contributed by atoms with van der Waals surface area (Å²) >= 11 is 12.2. The zero-order valence-corrected chi connectivity index (χ0v) is 27.3. The number of amides is 2. The Bertz CT molecular complexity index is 1260. The summed E-state index contributed by atoms with van der Waals surface area (Å²) in [5, 5.41) is 11.1. The topological polar surface area (TPSA) is 98.3 Å². The molecular weight excluding hydrogens is 576 g/mol. The molecule has 2 amide bonds. The minimum absolute atomic E-state index is 0.0322. The Kier molecular flexibility index (Phi) is 8.74. The monoisotopic (exact) mass is 619 g/mol. The van der Waals surface area contributed by atoms with Crippen LogP contribution in [0.25, 0.3) is 0 Å². The van der Waals surface area contributed by atoms with Gasteiger partial charge in [-0.1, -0.05) is 69.9 Å². The van der Waals surface area contributed by atoms with Crippen molar-refractivity contribution in [2.45, 2.75) is 104 Å². The highest BCUT2D eigenvalue weighted by Gasteiger charge is 2.68. The van der Waals surface area contributed by atoms with Crippen LogP contribution < -0.4 is 10.6 Å². The van der Waals surface area contributed by atoms with Crippen LogP contribution in [0.5, 0.6) is 0 Å². The fourth-order valence-electron chi connectivity index (χ4n) is 7.69. The lowest BCUT2D eigenvalue weighted by Crippen LogP contribution is -2.65. The maximum absolute atomic E-state index is 14.1. The smallest absolute Gasteiger partial charge is 0.404 e. The molecule has 2 heterocycles. The first-order chi connectivity index (χ1) is 19.6. The van der Waals surface area contributed by atoms with Gasteiger partial charge in [-0.15, -0.1) is 0 Å². The van der Waals surface area contributed by atoms with E-state index in [4.69, 9.17) is 37.3 Å². The van der Waals surface area contributed by atoms with Crippen molar-refractivity contribution < 1.29 is 23.7 Å². The molecule has 1 saturated heterocycles. The predicted octanol–water partition coefficient (Wildman–Crippen LogP) is 6.08. The van der Waals surface area contributed by atoms with E-state index in [0.717, 1.165) is 6.42 Å². The molecule has 2 aliphatic heterocycles. The van der Waals surface area contributed by atoms with Crippen LogP contribution in [0.3, 0.4) is 0 Å². The van der Waals surface area contributed by atoms with Crippen molar-refractivity contribution in [3.8, 4) is 0 Å². The number of carbonyl (C=O) groups excluding carboxylic acids is 2. The first-order valence-electron chi connectivity index (χ1n) is 15.3. The molecule has 1 aromatic carbocycles. The van der Waals surface area contributed by atoms with Gasteiger partial charge in [0.2, 0.25) is 5.60 Å². The number of carbonyl (C=O) groups is 2. The first-order valence-corrected chi connectivity index (χ1v) is 16.0. The van der Waals surface area contributed by atoms with Gasteiger partial charge in [0.1, 0.15) is 0 Å². The van der Waals surface area contributed by atoms with Gasteiger partial charge in [-0.25, -0.2) is 0 Å². The molecule has 42 heavy (non-hydrogen) atoms. The molecule has 0 aromatic heterocycles. The molecule has 4 fully saturated rings. The zero-order chi connectivity index (χ0) is 30.6. The van der Waals surface area contributed by atoms with Gasteiger partial charge in [0, 0.05) is 17.9 Å². The summed E-state index contributed by atoms with van der Waals surface area (Å²) in [6.45, 7) is 15.4. The summed E-state index contributed by atoms with van der Waals surface area (Å²) in [7, 11) is -0.527. The normalized spacial score (nSPS) is 31.7. The van der Waals surface area contributed by atoms with E-state index in [2.05, 4.69) is 50.4 Å². The zero-order valence-electron chi connectivity index (χ0n) is 25.8. The Morgan fingerprint density at radius 2 is 1.86 bits per heavy atom. The molecule has 6 atom stereocenters. The number of nitrogens with zero attached hydrogens (tertiary/aromatic N) is 1. The second-order valence-electron chi connectivity index (χ2n) is 14.4. The lowest BCUT2D eigenvalue weighted by Gasteiger charge is -2.64. The maximum atomic E-state index is 14.1. The molecule has 3 aliphatic carbocycles. The Morgan fingerprint density at radius 1 is 1.12 bits per heavy atom. The second-order valence-corrected chi connectivity index (χ2v) is 15.2. The van der Waals surface area contributed by atoms with Crippen molar-refractivity contribution in [1.82, 2.24) is 10.6 Å². The summed E-state index contributed by atoms with van der Waals surface area (Å²) in [5.74, 6) is 0.626. The number of halogens is 2. The lowest BCUT2D eigenvalue weighted by atomic mass is 9.43. The van der Waals surface area contributed by atoms with Crippen LogP contribution >= 0.6 is 23.2 Å². The van der Waals surface area contributed by atoms with Crippen LogP contribution in [0.1, 0.15) is 90.9 Å². The van der Waals surface area contributed by atoms with Crippen LogP contribution in [0.2, 0.25) is 10.0 Å². The van der Waals surface area contributed by atoms with Crippen molar-refractivity contribution in [3.05, 3.63) is 33.8 Å². The molecule has 8 nitrogen and oxygen atoms in total. The van der Waals surface area contributed by atoms with Crippen molar-refractivity contribution in [2.75, 3.05) is 6.54 Å². The Hall–Kier alpha value is -1.81.